The van der Waals surface area contributed by atoms with Crippen molar-refractivity contribution in [2.45, 2.75) is 6.04 Å². The van der Waals surface area contributed by atoms with Gasteiger partial charge in [0.1, 0.15) is 0 Å². The standard InChI is InChI=1S/C16H15N3O/c1-19-10-12(9-18-19)15(17)16(20)14-8-4-6-11-5-2-3-7-13(11)14/h2-10,15H,17H2,1H3. The van der Waals surface area contributed by atoms with Gasteiger partial charge in [-0.25, -0.2) is 0 Å². The Morgan fingerprint density at radius 1 is 1.20 bits per heavy atom. The van der Waals surface area contributed by atoms with Gasteiger partial charge in [0.2, 0.25) is 0 Å². The molecule has 1 heterocycles. The number of hydrogen-bond acceptors (Lipinski definition) is 3. The molecular formula is C16H15N3O. The molecule has 4 heteroatoms. The van der Waals surface area contributed by atoms with Crippen molar-refractivity contribution < 1.29 is 4.79 Å². The van der Waals surface area contributed by atoms with Gasteiger partial charge in [0.25, 0.3) is 0 Å². The van der Waals surface area contributed by atoms with Gasteiger partial charge < -0.3 is 5.73 Å². The number of nitrogens with two attached hydrogens (primary N) is 1. The zero-order chi connectivity index (χ0) is 14.1. The zero-order valence-electron chi connectivity index (χ0n) is 11.2. The maximum Gasteiger partial charge on any atom is 0.184 e. The average Bonchev–Trinajstić information content (AvgIpc) is 2.91. The Kier molecular flexibility index (Phi) is 3.08. The smallest absolute Gasteiger partial charge is 0.184 e. The summed E-state index contributed by atoms with van der Waals surface area (Å²) in [5.74, 6) is -0.0881. The Morgan fingerprint density at radius 2 is 1.95 bits per heavy atom. The van der Waals surface area contributed by atoms with Crippen LogP contribution in [0.3, 0.4) is 0 Å². The van der Waals surface area contributed by atoms with Crippen molar-refractivity contribution in [2.24, 2.45) is 12.8 Å². The highest BCUT2D eigenvalue weighted by atomic mass is 16.1. The minimum atomic E-state index is -0.686. The van der Waals surface area contributed by atoms with Crippen molar-refractivity contribution in [2.75, 3.05) is 0 Å². The number of benzene rings is 2. The lowest BCUT2D eigenvalue weighted by molar-refractivity contribution is 0.0963. The van der Waals surface area contributed by atoms with Crippen LogP contribution < -0.4 is 5.73 Å². The second kappa shape index (κ2) is 4.90. The van der Waals surface area contributed by atoms with Crippen molar-refractivity contribution in [1.82, 2.24) is 9.78 Å². The molecule has 0 aliphatic rings. The number of Topliss-reactive ketones (excluding diaryl/α,β-unsaturated/α-hetero) is 1. The van der Waals surface area contributed by atoms with Crippen LogP contribution in [0.15, 0.2) is 54.9 Å². The molecule has 3 aromatic rings. The maximum atomic E-state index is 12.6. The lowest BCUT2D eigenvalue weighted by Gasteiger charge is -2.10. The average molecular weight is 265 g/mol. The van der Waals surface area contributed by atoms with E-state index in [-0.39, 0.29) is 5.78 Å². The molecule has 2 N–H and O–H groups in total. The lowest BCUT2D eigenvalue weighted by atomic mass is 9.95. The zero-order valence-corrected chi connectivity index (χ0v) is 11.2. The van der Waals surface area contributed by atoms with E-state index in [9.17, 15) is 4.79 Å². The van der Waals surface area contributed by atoms with Crippen LogP contribution >= 0.6 is 0 Å². The molecule has 0 aliphatic heterocycles. The summed E-state index contributed by atoms with van der Waals surface area (Å²) in [6.07, 6.45) is 3.40. The molecule has 0 bridgehead atoms. The fraction of sp³-hybridized carbons (Fsp3) is 0.125. The third-order valence-electron chi connectivity index (χ3n) is 3.42. The van der Waals surface area contributed by atoms with Gasteiger partial charge >= 0.3 is 0 Å². The topological polar surface area (TPSA) is 60.9 Å². The number of aromatic nitrogens is 2. The van der Waals surface area contributed by atoms with Gasteiger partial charge in [0.05, 0.1) is 12.2 Å². The summed E-state index contributed by atoms with van der Waals surface area (Å²) in [5.41, 5.74) is 7.45. The predicted octanol–water partition coefficient (Wildman–Crippen LogP) is 2.46. The van der Waals surface area contributed by atoms with E-state index in [1.807, 2.05) is 42.5 Å². The van der Waals surface area contributed by atoms with Crippen molar-refractivity contribution >= 4 is 16.6 Å². The molecule has 0 radical (unpaired) electrons. The number of carbonyl (C=O) groups is 1. The largest absolute Gasteiger partial charge is 0.317 e. The highest BCUT2D eigenvalue weighted by Gasteiger charge is 2.20. The molecule has 0 spiro atoms. The number of nitrogens with zero attached hydrogens (tertiary/aromatic N) is 2. The van der Waals surface area contributed by atoms with E-state index in [0.717, 1.165) is 16.3 Å². The van der Waals surface area contributed by atoms with Crippen molar-refractivity contribution in [3.05, 3.63) is 66.0 Å². The molecule has 0 fully saturated rings. The van der Waals surface area contributed by atoms with E-state index >= 15 is 0 Å². The highest BCUT2D eigenvalue weighted by Crippen LogP contribution is 2.23. The number of fused-ring (bicyclic) bond motifs is 1. The summed E-state index contributed by atoms with van der Waals surface area (Å²) >= 11 is 0. The summed E-state index contributed by atoms with van der Waals surface area (Å²) in [7, 11) is 1.80. The number of ketones is 1. The van der Waals surface area contributed by atoms with E-state index in [4.69, 9.17) is 5.73 Å². The molecule has 1 unspecified atom stereocenters. The van der Waals surface area contributed by atoms with Crippen LogP contribution in [0.4, 0.5) is 0 Å². The molecule has 3 rings (SSSR count). The summed E-state index contributed by atoms with van der Waals surface area (Å²) in [5, 5.41) is 6.03. The van der Waals surface area contributed by atoms with Crippen molar-refractivity contribution in [3.8, 4) is 0 Å². The monoisotopic (exact) mass is 265 g/mol. The number of hydrogen-bond donors (Lipinski definition) is 1. The molecule has 20 heavy (non-hydrogen) atoms. The van der Waals surface area contributed by atoms with E-state index in [1.54, 1.807) is 24.1 Å². The van der Waals surface area contributed by atoms with Gasteiger partial charge in [-0.15, -0.1) is 0 Å². The third kappa shape index (κ3) is 2.10. The maximum absolute atomic E-state index is 12.6. The van der Waals surface area contributed by atoms with Crippen LogP contribution in [0.25, 0.3) is 10.8 Å². The first-order valence-corrected chi connectivity index (χ1v) is 6.43. The minimum absolute atomic E-state index is 0.0881. The highest BCUT2D eigenvalue weighted by molar-refractivity contribution is 6.10. The second-order valence-electron chi connectivity index (χ2n) is 4.82. The van der Waals surface area contributed by atoms with Gasteiger partial charge in [-0.2, -0.15) is 5.10 Å². The molecule has 100 valence electrons. The molecule has 0 amide bonds. The van der Waals surface area contributed by atoms with Crippen molar-refractivity contribution in [3.63, 3.8) is 0 Å². The molecular weight excluding hydrogens is 250 g/mol. The van der Waals surface area contributed by atoms with Crippen LogP contribution in [0, 0.1) is 0 Å². The molecule has 0 aliphatic carbocycles. The molecule has 4 nitrogen and oxygen atoms in total. The minimum Gasteiger partial charge on any atom is -0.317 e. The van der Waals surface area contributed by atoms with E-state index in [1.165, 1.54) is 0 Å². The van der Waals surface area contributed by atoms with E-state index in [2.05, 4.69) is 5.10 Å². The first-order chi connectivity index (χ1) is 9.66. The number of rotatable bonds is 3. The van der Waals surface area contributed by atoms with Gasteiger partial charge in [0, 0.05) is 24.4 Å². The van der Waals surface area contributed by atoms with Crippen LogP contribution in [-0.2, 0) is 7.05 Å². The Balaban J connectivity index is 2.04. The normalized spacial score (nSPS) is 12.5. The molecule has 0 saturated heterocycles. The van der Waals surface area contributed by atoms with E-state index in [0.29, 0.717) is 5.56 Å². The Hall–Kier alpha value is -2.46. The first kappa shape index (κ1) is 12.6. The van der Waals surface area contributed by atoms with E-state index < -0.39 is 6.04 Å². The van der Waals surface area contributed by atoms with Gasteiger partial charge in [-0.05, 0) is 10.8 Å². The number of aryl methyl sites for hydroxylation is 1. The molecule has 0 saturated carbocycles. The third-order valence-corrected chi connectivity index (χ3v) is 3.42. The lowest BCUT2D eigenvalue weighted by Crippen LogP contribution is -2.21. The Morgan fingerprint density at radius 3 is 2.70 bits per heavy atom. The molecule has 1 atom stereocenters. The summed E-state index contributed by atoms with van der Waals surface area (Å²) in [6, 6.07) is 12.8. The first-order valence-electron chi connectivity index (χ1n) is 6.43. The quantitative estimate of drug-likeness (QED) is 0.740. The SMILES string of the molecule is Cn1cc(C(N)C(=O)c2cccc3ccccc23)cn1. The van der Waals surface area contributed by atoms with Crippen molar-refractivity contribution in [1.29, 1.82) is 0 Å². The second-order valence-corrected chi connectivity index (χ2v) is 4.82. The van der Waals surface area contributed by atoms with Gasteiger partial charge in [-0.1, -0.05) is 42.5 Å². The summed E-state index contributed by atoms with van der Waals surface area (Å²) in [6.45, 7) is 0. The van der Waals surface area contributed by atoms with Crippen LogP contribution in [0.5, 0.6) is 0 Å². The Bertz CT molecular complexity index is 771. The summed E-state index contributed by atoms with van der Waals surface area (Å²) in [4.78, 5) is 12.6. The molecule has 2 aromatic carbocycles. The Labute approximate surface area is 116 Å². The van der Waals surface area contributed by atoms with Crippen LogP contribution in [0.2, 0.25) is 0 Å². The van der Waals surface area contributed by atoms with Crippen LogP contribution in [0.1, 0.15) is 22.0 Å². The predicted molar refractivity (Wildman–Crippen MR) is 78.4 cm³/mol. The van der Waals surface area contributed by atoms with Crippen LogP contribution in [-0.4, -0.2) is 15.6 Å². The number of carbonyl (C=O) groups excluding carboxylic acids is 1. The summed E-state index contributed by atoms with van der Waals surface area (Å²) < 4.78 is 1.64. The fourth-order valence-corrected chi connectivity index (χ4v) is 2.36. The fourth-order valence-electron chi connectivity index (χ4n) is 2.36. The van der Waals surface area contributed by atoms with Gasteiger partial charge in [-0.3, -0.25) is 9.48 Å². The van der Waals surface area contributed by atoms with Gasteiger partial charge in [0.15, 0.2) is 5.78 Å². The molecule has 1 aromatic heterocycles.